The molecule has 0 spiro atoms. The van der Waals surface area contributed by atoms with Gasteiger partial charge in [-0.15, -0.1) is 0 Å². The van der Waals surface area contributed by atoms with Crippen LogP contribution in [0.2, 0.25) is 0 Å². The third-order valence-corrected chi connectivity index (χ3v) is 6.26. The van der Waals surface area contributed by atoms with Crippen molar-refractivity contribution in [3.8, 4) is 11.1 Å². The molecule has 0 unspecified atom stereocenters. The number of likely N-dealkylation sites (tertiary alicyclic amines) is 1. The van der Waals surface area contributed by atoms with Crippen LogP contribution >= 0.6 is 0 Å². The highest BCUT2D eigenvalue weighted by molar-refractivity contribution is 5.94. The number of urea groups is 1. The molecule has 0 aromatic heterocycles. The van der Waals surface area contributed by atoms with E-state index in [-0.39, 0.29) is 12.1 Å². The SMILES string of the molecule is CCCCCCCCCN1CCC(NC(=O)Nc2ccccc2-c2ccccc2)CC1. The number of carbonyl (C=O) groups excluding carboxylic acids is 1. The fourth-order valence-corrected chi connectivity index (χ4v) is 4.40. The molecular formula is C27H39N3O. The van der Waals surface area contributed by atoms with Gasteiger partial charge in [-0.05, 0) is 37.4 Å². The molecule has 1 heterocycles. The summed E-state index contributed by atoms with van der Waals surface area (Å²) in [5, 5.41) is 6.25. The monoisotopic (exact) mass is 421 g/mol. The van der Waals surface area contributed by atoms with Crippen molar-refractivity contribution in [2.24, 2.45) is 0 Å². The quantitative estimate of drug-likeness (QED) is 0.397. The minimum atomic E-state index is -0.103. The van der Waals surface area contributed by atoms with E-state index in [1.54, 1.807) is 0 Å². The summed E-state index contributed by atoms with van der Waals surface area (Å²) in [4.78, 5) is 15.2. The molecule has 0 bridgehead atoms. The van der Waals surface area contributed by atoms with Gasteiger partial charge in [-0.2, -0.15) is 0 Å². The molecule has 1 aliphatic rings. The number of amides is 2. The van der Waals surface area contributed by atoms with Gasteiger partial charge in [0.25, 0.3) is 0 Å². The van der Waals surface area contributed by atoms with Crippen molar-refractivity contribution >= 4 is 11.7 Å². The zero-order valence-corrected chi connectivity index (χ0v) is 19.1. The molecule has 2 amide bonds. The van der Waals surface area contributed by atoms with Crippen molar-refractivity contribution in [2.75, 3.05) is 25.0 Å². The molecule has 31 heavy (non-hydrogen) atoms. The number of hydrogen-bond acceptors (Lipinski definition) is 2. The van der Waals surface area contributed by atoms with E-state index in [2.05, 4.69) is 34.6 Å². The maximum atomic E-state index is 12.6. The highest BCUT2D eigenvalue weighted by Crippen LogP contribution is 2.27. The van der Waals surface area contributed by atoms with E-state index in [1.807, 2.05) is 42.5 Å². The Morgan fingerprint density at radius 2 is 1.52 bits per heavy atom. The van der Waals surface area contributed by atoms with Crippen molar-refractivity contribution < 1.29 is 4.79 Å². The fourth-order valence-electron chi connectivity index (χ4n) is 4.40. The zero-order valence-electron chi connectivity index (χ0n) is 19.1. The van der Waals surface area contributed by atoms with Crippen LogP contribution in [0.15, 0.2) is 54.6 Å². The smallest absolute Gasteiger partial charge is 0.319 e. The zero-order chi connectivity index (χ0) is 21.7. The summed E-state index contributed by atoms with van der Waals surface area (Å²) in [6, 6.07) is 18.3. The van der Waals surface area contributed by atoms with Gasteiger partial charge in [-0.1, -0.05) is 94.0 Å². The third-order valence-electron chi connectivity index (χ3n) is 6.26. The lowest BCUT2D eigenvalue weighted by molar-refractivity contribution is 0.193. The van der Waals surface area contributed by atoms with Crippen LogP contribution in [0.1, 0.15) is 64.7 Å². The Labute approximate surface area is 188 Å². The number of carbonyl (C=O) groups is 1. The summed E-state index contributed by atoms with van der Waals surface area (Å²) in [6.07, 6.45) is 11.6. The van der Waals surface area contributed by atoms with Crippen LogP contribution in [-0.2, 0) is 0 Å². The Morgan fingerprint density at radius 1 is 0.871 bits per heavy atom. The Kier molecular flexibility index (Phi) is 9.91. The van der Waals surface area contributed by atoms with Gasteiger partial charge in [0.2, 0.25) is 0 Å². The summed E-state index contributed by atoms with van der Waals surface area (Å²) in [7, 11) is 0. The Hall–Kier alpha value is -2.33. The summed E-state index contributed by atoms with van der Waals surface area (Å²) in [5.41, 5.74) is 3.00. The van der Waals surface area contributed by atoms with Gasteiger partial charge >= 0.3 is 6.03 Å². The van der Waals surface area contributed by atoms with Crippen LogP contribution < -0.4 is 10.6 Å². The Balaban J connectivity index is 1.37. The predicted molar refractivity (Wildman–Crippen MR) is 131 cm³/mol. The van der Waals surface area contributed by atoms with E-state index < -0.39 is 0 Å². The Bertz CT molecular complexity index is 769. The number of benzene rings is 2. The molecule has 3 rings (SSSR count). The van der Waals surface area contributed by atoms with Gasteiger partial charge in [0.05, 0.1) is 5.69 Å². The summed E-state index contributed by atoms with van der Waals surface area (Å²) in [6.45, 7) is 5.64. The van der Waals surface area contributed by atoms with E-state index >= 15 is 0 Å². The van der Waals surface area contributed by atoms with Crippen LogP contribution in [0.4, 0.5) is 10.5 Å². The second-order valence-corrected chi connectivity index (χ2v) is 8.75. The van der Waals surface area contributed by atoms with Crippen LogP contribution in [0.25, 0.3) is 11.1 Å². The summed E-state index contributed by atoms with van der Waals surface area (Å²) >= 11 is 0. The standard InChI is InChI=1S/C27H39N3O/c1-2-3-4-5-6-7-13-20-30-21-18-24(19-22-30)28-27(31)29-26-17-12-11-16-25(26)23-14-9-8-10-15-23/h8-12,14-17,24H,2-7,13,18-22H2,1H3,(H2,28,29,31). The van der Waals surface area contributed by atoms with E-state index in [4.69, 9.17) is 0 Å². The molecule has 0 aliphatic carbocycles. The molecule has 2 aromatic carbocycles. The van der Waals surface area contributed by atoms with Crippen LogP contribution in [0.3, 0.4) is 0 Å². The van der Waals surface area contributed by atoms with Crippen LogP contribution in [0, 0.1) is 0 Å². The van der Waals surface area contributed by atoms with Crippen molar-refractivity contribution in [1.29, 1.82) is 0 Å². The molecule has 1 aliphatic heterocycles. The highest BCUT2D eigenvalue weighted by atomic mass is 16.2. The number of rotatable bonds is 11. The number of anilines is 1. The topological polar surface area (TPSA) is 44.4 Å². The normalized spacial score (nSPS) is 15.0. The van der Waals surface area contributed by atoms with Gasteiger partial charge in [0, 0.05) is 24.7 Å². The second-order valence-electron chi connectivity index (χ2n) is 8.75. The van der Waals surface area contributed by atoms with Gasteiger partial charge in [-0.3, -0.25) is 0 Å². The maximum Gasteiger partial charge on any atom is 0.319 e. The summed E-state index contributed by atoms with van der Waals surface area (Å²) in [5.74, 6) is 0. The minimum absolute atomic E-state index is 0.103. The Morgan fingerprint density at radius 3 is 2.26 bits per heavy atom. The fraction of sp³-hybridized carbons (Fsp3) is 0.519. The molecule has 0 saturated carbocycles. The first-order valence-corrected chi connectivity index (χ1v) is 12.2. The molecule has 2 aromatic rings. The molecule has 0 atom stereocenters. The number of hydrogen-bond donors (Lipinski definition) is 2. The van der Waals surface area contributed by atoms with Crippen LogP contribution in [0.5, 0.6) is 0 Å². The lowest BCUT2D eigenvalue weighted by atomic mass is 10.0. The van der Waals surface area contributed by atoms with Gasteiger partial charge in [0.1, 0.15) is 0 Å². The summed E-state index contributed by atoms with van der Waals surface area (Å²) < 4.78 is 0. The van der Waals surface area contributed by atoms with Gasteiger partial charge in [0.15, 0.2) is 0 Å². The number of nitrogens with one attached hydrogen (secondary N) is 2. The maximum absolute atomic E-state index is 12.6. The lowest BCUT2D eigenvalue weighted by Gasteiger charge is -2.32. The third kappa shape index (κ3) is 8.02. The molecule has 1 saturated heterocycles. The van der Waals surface area contributed by atoms with Crippen molar-refractivity contribution in [3.05, 3.63) is 54.6 Å². The first-order chi connectivity index (χ1) is 15.3. The average Bonchev–Trinajstić information content (AvgIpc) is 2.80. The molecular weight excluding hydrogens is 382 g/mol. The van der Waals surface area contributed by atoms with E-state index in [9.17, 15) is 4.79 Å². The van der Waals surface area contributed by atoms with Gasteiger partial charge in [-0.25, -0.2) is 4.79 Å². The first-order valence-electron chi connectivity index (χ1n) is 12.2. The number of unbranched alkanes of at least 4 members (excludes halogenated alkanes) is 6. The largest absolute Gasteiger partial charge is 0.335 e. The lowest BCUT2D eigenvalue weighted by Crippen LogP contribution is -2.46. The van der Waals surface area contributed by atoms with Crippen molar-refractivity contribution in [1.82, 2.24) is 10.2 Å². The van der Waals surface area contributed by atoms with E-state index in [0.29, 0.717) is 0 Å². The van der Waals surface area contributed by atoms with Crippen molar-refractivity contribution in [2.45, 2.75) is 70.8 Å². The molecule has 1 fully saturated rings. The first kappa shape index (κ1) is 23.3. The van der Waals surface area contributed by atoms with Gasteiger partial charge < -0.3 is 15.5 Å². The highest BCUT2D eigenvalue weighted by Gasteiger charge is 2.20. The number of piperidine rings is 1. The number of para-hydroxylation sites is 1. The number of nitrogens with zero attached hydrogens (tertiary/aromatic N) is 1. The average molecular weight is 422 g/mol. The van der Waals surface area contributed by atoms with E-state index in [1.165, 1.54) is 51.5 Å². The molecule has 168 valence electrons. The minimum Gasteiger partial charge on any atom is -0.335 e. The molecule has 0 radical (unpaired) electrons. The molecule has 2 N–H and O–H groups in total. The molecule has 4 heteroatoms. The van der Waals surface area contributed by atoms with Crippen LogP contribution in [-0.4, -0.2) is 36.6 Å². The second kappa shape index (κ2) is 13.2. The molecule has 4 nitrogen and oxygen atoms in total. The van der Waals surface area contributed by atoms with Crippen molar-refractivity contribution in [3.63, 3.8) is 0 Å². The van der Waals surface area contributed by atoms with E-state index in [0.717, 1.165) is 42.7 Å². The predicted octanol–water partition coefficient (Wildman–Crippen LogP) is 6.69.